The van der Waals surface area contributed by atoms with Crippen LogP contribution in [0.15, 0.2) is 30.3 Å². The Balaban J connectivity index is 2.25. The second kappa shape index (κ2) is 8.40. The number of carbonyl (C=O) groups is 2. The second-order valence-corrected chi connectivity index (χ2v) is 13.0. The quantitative estimate of drug-likeness (QED) is 0.402. The molecule has 0 bridgehead atoms. The molecule has 2 atom stereocenters. The van der Waals surface area contributed by atoms with Crippen molar-refractivity contribution in [1.29, 1.82) is 0 Å². The molecule has 27 heavy (non-hydrogen) atoms. The van der Waals surface area contributed by atoms with Gasteiger partial charge in [0.15, 0.2) is 8.32 Å². The van der Waals surface area contributed by atoms with E-state index in [0.29, 0.717) is 0 Å². The molecule has 0 saturated heterocycles. The van der Waals surface area contributed by atoms with Gasteiger partial charge < -0.3 is 13.9 Å². The van der Waals surface area contributed by atoms with Crippen LogP contribution in [-0.2, 0) is 23.5 Å². The lowest BCUT2D eigenvalue weighted by atomic mass is 9.93. The maximum atomic E-state index is 12.2. The zero-order chi connectivity index (χ0) is 20.2. The minimum Gasteiger partial charge on any atom is -0.466 e. The first kappa shape index (κ1) is 21.4. The monoisotopic (exact) mass is 390 g/mol. The molecule has 1 aromatic carbocycles. The first-order valence-electron chi connectivity index (χ1n) is 9.35. The third-order valence-electron chi connectivity index (χ3n) is 5.16. The number of hydrogen-bond acceptors (Lipinski definition) is 5. The van der Waals surface area contributed by atoms with Gasteiger partial charge in [-0.1, -0.05) is 51.1 Å². The molecule has 2 unspecified atom stereocenters. The third kappa shape index (κ3) is 5.29. The average molecular weight is 391 g/mol. The topological polar surface area (TPSA) is 61.8 Å². The number of esters is 2. The van der Waals surface area contributed by atoms with Crippen LogP contribution in [0.4, 0.5) is 0 Å². The predicted octanol–water partition coefficient (Wildman–Crippen LogP) is 4.64. The van der Waals surface area contributed by atoms with Crippen LogP contribution in [0.1, 0.15) is 51.3 Å². The Hall–Kier alpha value is -1.92. The normalized spacial score (nSPS) is 19.3. The van der Waals surface area contributed by atoms with E-state index >= 15 is 0 Å². The molecule has 2 rings (SSSR count). The number of fused-ring (bicyclic) bond motifs is 1. The summed E-state index contributed by atoms with van der Waals surface area (Å²) in [7, 11) is -2.12. The summed E-state index contributed by atoms with van der Waals surface area (Å²) >= 11 is 0. The Morgan fingerprint density at radius 1 is 1.11 bits per heavy atom. The first-order valence-corrected chi connectivity index (χ1v) is 12.3. The van der Waals surface area contributed by atoms with E-state index in [2.05, 4.69) is 33.9 Å². The number of ether oxygens (including phenoxy) is 2. The van der Waals surface area contributed by atoms with Gasteiger partial charge in [0.2, 0.25) is 0 Å². The van der Waals surface area contributed by atoms with Crippen LogP contribution in [0, 0.1) is 0 Å². The van der Waals surface area contributed by atoms with Crippen molar-refractivity contribution in [3.05, 3.63) is 41.5 Å². The molecule has 0 aromatic heterocycles. The summed E-state index contributed by atoms with van der Waals surface area (Å²) in [5.74, 6) is -1.18. The molecule has 0 heterocycles. The highest BCUT2D eigenvalue weighted by Gasteiger charge is 2.42. The van der Waals surface area contributed by atoms with Crippen molar-refractivity contribution in [3.8, 4) is 0 Å². The molecule has 1 aromatic rings. The maximum Gasteiger partial charge on any atom is 0.317 e. The van der Waals surface area contributed by atoms with Gasteiger partial charge in [0.1, 0.15) is 18.6 Å². The molecule has 0 saturated carbocycles. The Bertz CT molecular complexity index is 718. The van der Waals surface area contributed by atoms with Gasteiger partial charge in [-0.3, -0.25) is 9.59 Å². The molecule has 0 fully saturated rings. The second-order valence-electron chi connectivity index (χ2n) is 8.22. The summed E-state index contributed by atoms with van der Waals surface area (Å²) in [6, 6.07) is 7.95. The number of benzene rings is 1. The standard InChI is InChI=1S/C21H30O5Si/c1-7-24-18(22)14-19(23)25-17-13-12-15-10-8-9-11-16(15)20(17)26-27(5,6)21(2,3)4/h8-13,17,20H,7,14H2,1-6H3. The van der Waals surface area contributed by atoms with Crippen molar-refractivity contribution in [3.63, 3.8) is 0 Å². The summed E-state index contributed by atoms with van der Waals surface area (Å²) in [6.45, 7) is 12.8. The molecule has 5 nitrogen and oxygen atoms in total. The lowest BCUT2D eigenvalue weighted by molar-refractivity contribution is -0.159. The SMILES string of the molecule is CCOC(=O)CC(=O)OC1C=Cc2ccccc2C1O[Si](C)(C)C(C)(C)C. The molecule has 0 amide bonds. The van der Waals surface area contributed by atoms with E-state index in [4.69, 9.17) is 13.9 Å². The van der Waals surface area contributed by atoms with Crippen molar-refractivity contribution in [2.24, 2.45) is 0 Å². The van der Waals surface area contributed by atoms with Crippen molar-refractivity contribution in [2.45, 2.75) is 64.5 Å². The fourth-order valence-corrected chi connectivity index (χ4v) is 3.90. The molecule has 0 N–H and O–H groups in total. The summed E-state index contributed by atoms with van der Waals surface area (Å²) < 4.78 is 17.1. The molecule has 0 spiro atoms. The molecule has 0 aliphatic heterocycles. The minimum absolute atomic E-state index is 0.0165. The van der Waals surface area contributed by atoms with Gasteiger partial charge in [0.05, 0.1) is 6.61 Å². The highest BCUT2D eigenvalue weighted by Crippen LogP contribution is 2.43. The molecular weight excluding hydrogens is 360 g/mol. The van der Waals surface area contributed by atoms with Gasteiger partial charge in [-0.25, -0.2) is 0 Å². The van der Waals surface area contributed by atoms with Gasteiger partial charge in [0, 0.05) is 0 Å². The maximum absolute atomic E-state index is 12.2. The lowest BCUT2D eigenvalue weighted by Crippen LogP contribution is -2.45. The Labute approximate surface area is 162 Å². The molecule has 1 aliphatic rings. The van der Waals surface area contributed by atoms with Crippen LogP contribution in [0.3, 0.4) is 0 Å². The Morgan fingerprint density at radius 2 is 1.78 bits per heavy atom. The highest BCUT2D eigenvalue weighted by atomic mass is 28.4. The molecule has 6 heteroatoms. The lowest BCUT2D eigenvalue weighted by Gasteiger charge is -2.42. The van der Waals surface area contributed by atoms with Crippen LogP contribution in [-0.4, -0.2) is 33.0 Å². The van der Waals surface area contributed by atoms with Gasteiger partial charge in [0.25, 0.3) is 0 Å². The van der Waals surface area contributed by atoms with Crippen LogP contribution in [0.5, 0.6) is 0 Å². The summed E-state index contributed by atoms with van der Waals surface area (Å²) in [4.78, 5) is 23.8. The minimum atomic E-state index is -2.12. The van der Waals surface area contributed by atoms with E-state index in [0.717, 1.165) is 11.1 Å². The summed E-state index contributed by atoms with van der Waals surface area (Å²) in [6.07, 6.45) is 2.41. The van der Waals surface area contributed by atoms with E-state index in [1.54, 1.807) is 6.92 Å². The van der Waals surface area contributed by atoms with E-state index in [-0.39, 0.29) is 11.6 Å². The molecule has 1 aliphatic carbocycles. The summed E-state index contributed by atoms with van der Waals surface area (Å²) in [5, 5.41) is 0.0165. The zero-order valence-corrected chi connectivity index (χ0v) is 18.1. The number of carbonyl (C=O) groups excluding carboxylic acids is 2. The van der Waals surface area contributed by atoms with Crippen LogP contribution >= 0.6 is 0 Å². The highest BCUT2D eigenvalue weighted by molar-refractivity contribution is 6.74. The van der Waals surface area contributed by atoms with E-state index in [1.807, 2.05) is 36.4 Å². The number of rotatable bonds is 6. The van der Waals surface area contributed by atoms with Gasteiger partial charge in [-0.05, 0) is 42.3 Å². The van der Waals surface area contributed by atoms with Crippen molar-refractivity contribution >= 4 is 26.3 Å². The van der Waals surface area contributed by atoms with E-state index in [1.165, 1.54) is 0 Å². The van der Waals surface area contributed by atoms with Gasteiger partial charge in [-0.2, -0.15) is 0 Å². The van der Waals surface area contributed by atoms with E-state index in [9.17, 15) is 9.59 Å². The van der Waals surface area contributed by atoms with Crippen LogP contribution < -0.4 is 0 Å². The smallest absolute Gasteiger partial charge is 0.317 e. The van der Waals surface area contributed by atoms with E-state index < -0.39 is 38.9 Å². The zero-order valence-electron chi connectivity index (χ0n) is 17.1. The van der Waals surface area contributed by atoms with Crippen molar-refractivity contribution < 1.29 is 23.5 Å². The van der Waals surface area contributed by atoms with Gasteiger partial charge in [-0.15, -0.1) is 0 Å². The molecular formula is C21H30O5Si. The predicted molar refractivity (Wildman–Crippen MR) is 108 cm³/mol. The summed E-state index contributed by atoms with van der Waals surface area (Å²) in [5.41, 5.74) is 2.05. The molecule has 148 valence electrons. The first-order chi connectivity index (χ1) is 12.5. The fraction of sp³-hybridized carbons (Fsp3) is 0.524. The number of hydrogen-bond donors (Lipinski definition) is 0. The Morgan fingerprint density at radius 3 is 2.41 bits per heavy atom. The van der Waals surface area contributed by atoms with Crippen molar-refractivity contribution in [1.82, 2.24) is 0 Å². The van der Waals surface area contributed by atoms with Crippen molar-refractivity contribution in [2.75, 3.05) is 6.61 Å². The average Bonchev–Trinajstić information content (AvgIpc) is 2.56. The van der Waals surface area contributed by atoms with Crippen LogP contribution in [0.25, 0.3) is 6.08 Å². The largest absolute Gasteiger partial charge is 0.466 e. The molecule has 0 radical (unpaired) electrons. The van der Waals surface area contributed by atoms with Crippen LogP contribution in [0.2, 0.25) is 18.1 Å². The Kier molecular flexibility index (Phi) is 6.65. The third-order valence-corrected chi connectivity index (χ3v) is 9.61. The fourth-order valence-electron chi connectivity index (χ4n) is 2.65. The van der Waals surface area contributed by atoms with Gasteiger partial charge >= 0.3 is 11.9 Å².